The fourth-order valence-electron chi connectivity index (χ4n) is 3.18. The van der Waals surface area contributed by atoms with Crippen molar-refractivity contribution in [2.24, 2.45) is 5.92 Å². The fourth-order valence-corrected chi connectivity index (χ4v) is 3.18. The van der Waals surface area contributed by atoms with Gasteiger partial charge in [0.15, 0.2) is 17.5 Å². The first-order chi connectivity index (χ1) is 13.4. The van der Waals surface area contributed by atoms with Crippen LogP contribution in [0.4, 0.5) is 8.78 Å². The van der Waals surface area contributed by atoms with E-state index in [-0.39, 0.29) is 17.6 Å². The summed E-state index contributed by atoms with van der Waals surface area (Å²) in [5.74, 6) is -0.509. The van der Waals surface area contributed by atoms with Crippen molar-refractivity contribution in [3.8, 4) is 0 Å². The van der Waals surface area contributed by atoms with E-state index in [9.17, 15) is 13.6 Å². The molecule has 1 aliphatic rings. The van der Waals surface area contributed by atoms with Crippen LogP contribution >= 0.6 is 0 Å². The molecule has 0 saturated carbocycles. The molecule has 2 aromatic rings. The summed E-state index contributed by atoms with van der Waals surface area (Å²) >= 11 is 0. The Morgan fingerprint density at radius 3 is 2.71 bits per heavy atom. The molecule has 1 fully saturated rings. The van der Waals surface area contributed by atoms with Gasteiger partial charge in [0.05, 0.1) is 12.7 Å². The molecule has 1 aromatic heterocycles. The van der Waals surface area contributed by atoms with Crippen LogP contribution in [0, 0.1) is 17.6 Å². The van der Waals surface area contributed by atoms with Gasteiger partial charge in [-0.05, 0) is 37.0 Å². The molecule has 8 heteroatoms. The van der Waals surface area contributed by atoms with E-state index in [1.165, 1.54) is 6.07 Å². The maximum atomic E-state index is 13.3. The second kappa shape index (κ2) is 9.23. The average Bonchev–Trinajstić information content (AvgIpc) is 3.10. The van der Waals surface area contributed by atoms with Gasteiger partial charge >= 0.3 is 0 Å². The number of halogens is 2. The summed E-state index contributed by atoms with van der Waals surface area (Å²) in [6, 6.07) is 3.23. The predicted octanol–water partition coefficient (Wildman–Crippen LogP) is 3.41. The van der Waals surface area contributed by atoms with Crippen LogP contribution in [-0.4, -0.2) is 46.7 Å². The van der Waals surface area contributed by atoms with Crippen molar-refractivity contribution < 1.29 is 22.8 Å². The number of likely N-dealkylation sites (tertiary alicyclic amines) is 1. The van der Waals surface area contributed by atoms with Crippen LogP contribution < -0.4 is 0 Å². The summed E-state index contributed by atoms with van der Waals surface area (Å²) in [7, 11) is 0. The largest absolute Gasteiger partial charge is 0.378 e. The minimum Gasteiger partial charge on any atom is -0.378 e. The van der Waals surface area contributed by atoms with Gasteiger partial charge in [-0.2, -0.15) is 4.98 Å². The highest BCUT2D eigenvalue weighted by molar-refractivity contribution is 5.94. The van der Waals surface area contributed by atoms with Gasteiger partial charge in [-0.3, -0.25) is 4.79 Å². The Labute approximate surface area is 162 Å². The Kier molecular flexibility index (Phi) is 6.72. The van der Waals surface area contributed by atoms with Crippen LogP contribution in [0.15, 0.2) is 22.7 Å². The summed E-state index contributed by atoms with van der Waals surface area (Å²) in [5.41, 5.74) is 0.160. The lowest BCUT2D eigenvalue weighted by molar-refractivity contribution is 0.00946. The summed E-state index contributed by atoms with van der Waals surface area (Å²) in [6.45, 7) is 5.71. The van der Waals surface area contributed by atoms with E-state index in [2.05, 4.69) is 24.0 Å². The third-order valence-corrected chi connectivity index (χ3v) is 4.67. The van der Waals surface area contributed by atoms with Gasteiger partial charge in [-0.1, -0.05) is 19.0 Å². The zero-order valence-corrected chi connectivity index (χ0v) is 16.2. The molecule has 0 aliphatic carbocycles. The van der Waals surface area contributed by atoms with Crippen LogP contribution in [0.2, 0.25) is 0 Å². The van der Waals surface area contributed by atoms with Gasteiger partial charge in [-0.15, -0.1) is 0 Å². The quantitative estimate of drug-likeness (QED) is 0.721. The third-order valence-electron chi connectivity index (χ3n) is 4.67. The smallest absolute Gasteiger partial charge is 0.253 e. The molecule has 2 heterocycles. The molecule has 6 nitrogen and oxygen atoms in total. The molecule has 0 spiro atoms. The number of benzene rings is 1. The lowest BCUT2D eigenvalue weighted by Gasteiger charge is -2.32. The van der Waals surface area contributed by atoms with E-state index in [4.69, 9.17) is 9.26 Å². The number of piperidine rings is 1. The molecule has 28 heavy (non-hydrogen) atoms. The lowest BCUT2D eigenvalue weighted by Crippen LogP contribution is -2.41. The summed E-state index contributed by atoms with van der Waals surface area (Å²) < 4.78 is 37.4. The van der Waals surface area contributed by atoms with E-state index in [1.807, 2.05) is 0 Å². The minimum absolute atomic E-state index is 0.0519. The maximum Gasteiger partial charge on any atom is 0.253 e. The average molecular weight is 393 g/mol. The Balaban J connectivity index is 1.41. The topological polar surface area (TPSA) is 68.5 Å². The monoisotopic (exact) mass is 393 g/mol. The Morgan fingerprint density at radius 1 is 1.29 bits per heavy atom. The van der Waals surface area contributed by atoms with Crippen molar-refractivity contribution in [2.45, 2.75) is 45.6 Å². The molecule has 0 unspecified atom stereocenters. The van der Waals surface area contributed by atoms with Crippen molar-refractivity contribution >= 4 is 5.91 Å². The standard InChI is InChI=1S/C20H25F2N3O3/c1-13(2)11-19-23-18(24-28-19)7-10-27-15-5-8-25(9-6-15)20(26)14-3-4-16(21)17(22)12-14/h3-4,12-13,15H,5-11H2,1-2H3. The second-order valence-corrected chi connectivity index (χ2v) is 7.44. The lowest BCUT2D eigenvalue weighted by atomic mass is 10.1. The van der Waals surface area contributed by atoms with E-state index < -0.39 is 11.6 Å². The molecular weight excluding hydrogens is 368 g/mol. The Morgan fingerprint density at radius 2 is 2.04 bits per heavy atom. The van der Waals surface area contributed by atoms with Crippen LogP contribution in [0.1, 0.15) is 48.8 Å². The molecular formula is C20H25F2N3O3. The maximum absolute atomic E-state index is 13.3. The predicted molar refractivity (Wildman–Crippen MR) is 97.8 cm³/mol. The van der Waals surface area contributed by atoms with Crippen LogP contribution in [0.3, 0.4) is 0 Å². The van der Waals surface area contributed by atoms with Gasteiger partial charge < -0.3 is 14.2 Å². The Hall–Kier alpha value is -2.35. The SMILES string of the molecule is CC(C)Cc1nc(CCOC2CCN(C(=O)c3ccc(F)c(F)c3)CC2)no1. The number of hydrogen-bond acceptors (Lipinski definition) is 5. The first kappa shape index (κ1) is 20.4. The summed E-state index contributed by atoms with van der Waals surface area (Å²) in [5, 5.41) is 3.96. The van der Waals surface area contributed by atoms with E-state index in [1.54, 1.807) is 4.90 Å². The van der Waals surface area contributed by atoms with Crippen LogP contribution in [0.25, 0.3) is 0 Å². The van der Waals surface area contributed by atoms with E-state index in [0.717, 1.165) is 18.6 Å². The highest BCUT2D eigenvalue weighted by atomic mass is 19.2. The molecule has 1 amide bonds. The zero-order chi connectivity index (χ0) is 20.1. The molecule has 0 atom stereocenters. The second-order valence-electron chi connectivity index (χ2n) is 7.44. The summed E-state index contributed by atoms with van der Waals surface area (Å²) in [4.78, 5) is 18.4. The molecule has 1 saturated heterocycles. The molecule has 1 aliphatic heterocycles. The zero-order valence-electron chi connectivity index (χ0n) is 16.2. The normalized spacial score (nSPS) is 15.4. The summed E-state index contributed by atoms with van der Waals surface area (Å²) in [6.07, 6.45) is 2.78. The highest BCUT2D eigenvalue weighted by Crippen LogP contribution is 2.18. The van der Waals surface area contributed by atoms with E-state index in [0.29, 0.717) is 56.6 Å². The number of carbonyl (C=O) groups excluding carboxylic acids is 1. The van der Waals surface area contributed by atoms with Gasteiger partial charge in [0.25, 0.3) is 5.91 Å². The third kappa shape index (κ3) is 5.34. The van der Waals surface area contributed by atoms with Gasteiger partial charge in [-0.25, -0.2) is 8.78 Å². The van der Waals surface area contributed by atoms with Crippen molar-refractivity contribution in [3.05, 3.63) is 47.1 Å². The van der Waals surface area contributed by atoms with Crippen molar-refractivity contribution in [3.63, 3.8) is 0 Å². The van der Waals surface area contributed by atoms with Crippen LogP contribution in [-0.2, 0) is 17.6 Å². The first-order valence-electron chi connectivity index (χ1n) is 9.59. The first-order valence-corrected chi connectivity index (χ1v) is 9.59. The molecule has 152 valence electrons. The number of aromatic nitrogens is 2. The molecule has 3 rings (SSSR count). The molecule has 0 bridgehead atoms. The van der Waals surface area contributed by atoms with Crippen molar-refractivity contribution in [1.82, 2.24) is 15.0 Å². The number of nitrogens with zero attached hydrogens (tertiary/aromatic N) is 3. The fraction of sp³-hybridized carbons (Fsp3) is 0.550. The van der Waals surface area contributed by atoms with Crippen molar-refractivity contribution in [1.29, 1.82) is 0 Å². The molecule has 0 N–H and O–H groups in total. The molecule has 1 aromatic carbocycles. The Bertz CT molecular complexity index is 802. The minimum atomic E-state index is -1.01. The number of ether oxygens (including phenoxy) is 1. The van der Waals surface area contributed by atoms with E-state index >= 15 is 0 Å². The highest BCUT2D eigenvalue weighted by Gasteiger charge is 2.24. The number of hydrogen-bond donors (Lipinski definition) is 0. The van der Waals surface area contributed by atoms with Gasteiger partial charge in [0.1, 0.15) is 0 Å². The molecule has 0 radical (unpaired) electrons. The number of carbonyl (C=O) groups is 1. The van der Waals surface area contributed by atoms with Gasteiger partial charge in [0, 0.05) is 31.5 Å². The number of amides is 1. The number of rotatable bonds is 7. The van der Waals surface area contributed by atoms with Crippen molar-refractivity contribution in [2.75, 3.05) is 19.7 Å². The van der Waals surface area contributed by atoms with Crippen LogP contribution in [0.5, 0.6) is 0 Å². The van der Waals surface area contributed by atoms with Gasteiger partial charge in [0.2, 0.25) is 5.89 Å².